The number of rotatable bonds is 3. The zero-order chi connectivity index (χ0) is 10.6. The molecule has 0 aliphatic carbocycles. The number of halogens is 1. The van der Waals surface area contributed by atoms with E-state index in [0.29, 0.717) is 6.42 Å². The Morgan fingerprint density at radius 3 is 2.36 bits per heavy atom. The van der Waals surface area contributed by atoms with Crippen LogP contribution in [0, 0.1) is 11.3 Å². The average molecular weight is 209 g/mol. The second kappa shape index (κ2) is 4.99. The van der Waals surface area contributed by atoms with Crippen LogP contribution in [0.15, 0.2) is 24.3 Å². The van der Waals surface area contributed by atoms with E-state index in [4.69, 9.17) is 16.9 Å². The molecular formula is C11H13ClN2. The number of nitrogens with zero attached hydrogens (tertiary/aromatic N) is 2. The predicted molar refractivity (Wildman–Crippen MR) is 58.1 cm³/mol. The fourth-order valence-corrected chi connectivity index (χ4v) is 1.50. The molecule has 0 bridgehead atoms. The van der Waals surface area contributed by atoms with Gasteiger partial charge in [0.05, 0.1) is 12.5 Å². The van der Waals surface area contributed by atoms with Gasteiger partial charge in [0.15, 0.2) is 0 Å². The molecule has 0 radical (unpaired) electrons. The van der Waals surface area contributed by atoms with Gasteiger partial charge in [-0.2, -0.15) is 5.26 Å². The van der Waals surface area contributed by atoms with Gasteiger partial charge in [0.1, 0.15) is 0 Å². The molecule has 0 saturated heterocycles. The van der Waals surface area contributed by atoms with Crippen LogP contribution in [0.4, 0.5) is 0 Å². The molecule has 1 unspecified atom stereocenters. The third-order valence-electron chi connectivity index (χ3n) is 2.16. The van der Waals surface area contributed by atoms with E-state index in [2.05, 4.69) is 6.07 Å². The summed E-state index contributed by atoms with van der Waals surface area (Å²) in [5.41, 5.74) is 1.13. The molecule has 0 fully saturated rings. The molecule has 1 aromatic rings. The zero-order valence-corrected chi connectivity index (χ0v) is 9.12. The van der Waals surface area contributed by atoms with Gasteiger partial charge in [-0.3, -0.25) is 0 Å². The first-order valence-corrected chi connectivity index (χ1v) is 4.82. The fourth-order valence-electron chi connectivity index (χ4n) is 1.37. The third-order valence-corrected chi connectivity index (χ3v) is 2.41. The molecule has 0 aromatic heterocycles. The lowest BCUT2D eigenvalue weighted by Gasteiger charge is -2.22. The number of nitriles is 1. The highest BCUT2D eigenvalue weighted by Crippen LogP contribution is 2.22. The van der Waals surface area contributed by atoms with E-state index in [0.717, 1.165) is 10.6 Å². The van der Waals surface area contributed by atoms with Gasteiger partial charge in [0, 0.05) is 11.1 Å². The molecule has 1 rings (SSSR count). The number of hydrogen-bond acceptors (Lipinski definition) is 2. The van der Waals surface area contributed by atoms with Crippen molar-refractivity contribution in [3.05, 3.63) is 34.9 Å². The Labute approximate surface area is 89.7 Å². The minimum atomic E-state index is 0.150. The minimum Gasteiger partial charge on any atom is -0.301 e. The van der Waals surface area contributed by atoms with Gasteiger partial charge in [-0.15, -0.1) is 0 Å². The largest absolute Gasteiger partial charge is 0.301 e. The highest BCUT2D eigenvalue weighted by atomic mass is 35.5. The van der Waals surface area contributed by atoms with Crippen molar-refractivity contribution in [3.8, 4) is 6.07 Å². The molecule has 2 nitrogen and oxygen atoms in total. The van der Waals surface area contributed by atoms with Crippen molar-refractivity contribution >= 4 is 11.6 Å². The van der Waals surface area contributed by atoms with Crippen LogP contribution in [0.3, 0.4) is 0 Å². The van der Waals surface area contributed by atoms with Crippen molar-refractivity contribution in [2.75, 3.05) is 14.1 Å². The Balaban J connectivity index is 2.89. The first kappa shape index (κ1) is 11.0. The first-order chi connectivity index (χ1) is 6.65. The highest BCUT2D eigenvalue weighted by molar-refractivity contribution is 6.30. The van der Waals surface area contributed by atoms with Gasteiger partial charge in [-0.25, -0.2) is 0 Å². The van der Waals surface area contributed by atoms with Crippen molar-refractivity contribution in [2.45, 2.75) is 12.5 Å². The maximum absolute atomic E-state index is 8.70. The lowest BCUT2D eigenvalue weighted by Crippen LogP contribution is -2.19. The van der Waals surface area contributed by atoms with E-state index < -0.39 is 0 Å². The zero-order valence-electron chi connectivity index (χ0n) is 8.37. The molecular weight excluding hydrogens is 196 g/mol. The van der Waals surface area contributed by atoms with E-state index in [1.165, 1.54) is 0 Å². The van der Waals surface area contributed by atoms with E-state index in [1.807, 2.05) is 43.3 Å². The van der Waals surface area contributed by atoms with Gasteiger partial charge >= 0.3 is 0 Å². The first-order valence-electron chi connectivity index (χ1n) is 4.44. The Morgan fingerprint density at radius 1 is 1.36 bits per heavy atom. The Kier molecular flexibility index (Phi) is 3.94. The monoisotopic (exact) mass is 208 g/mol. The topological polar surface area (TPSA) is 27.0 Å². The molecule has 0 saturated carbocycles. The average Bonchev–Trinajstić information content (AvgIpc) is 2.15. The fraction of sp³-hybridized carbons (Fsp3) is 0.364. The summed E-state index contributed by atoms with van der Waals surface area (Å²) in [5, 5.41) is 9.42. The molecule has 0 aliphatic rings. The second-order valence-electron chi connectivity index (χ2n) is 3.39. The summed E-state index contributed by atoms with van der Waals surface area (Å²) in [5.74, 6) is 0. The molecule has 3 heteroatoms. The normalized spacial score (nSPS) is 12.5. The van der Waals surface area contributed by atoms with Gasteiger partial charge in [-0.05, 0) is 31.8 Å². The van der Waals surface area contributed by atoms with Crippen LogP contribution >= 0.6 is 11.6 Å². The van der Waals surface area contributed by atoms with Crippen molar-refractivity contribution in [3.63, 3.8) is 0 Å². The predicted octanol–water partition coefficient (Wildman–Crippen LogP) is 2.86. The van der Waals surface area contributed by atoms with Gasteiger partial charge in [0.25, 0.3) is 0 Å². The smallest absolute Gasteiger partial charge is 0.0641 e. The molecule has 0 aliphatic heterocycles. The van der Waals surface area contributed by atoms with Crippen LogP contribution in [0.2, 0.25) is 5.02 Å². The summed E-state index contributed by atoms with van der Waals surface area (Å²) < 4.78 is 0. The Morgan fingerprint density at radius 2 is 1.93 bits per heavy atom. The van der Waals surface area contributed by atoms with Crippen LogP contribution in [0.25, 0.3) is 0 Å². The Bertz CT molecular complexity index is 324. The molecule has 0 N–H and O–H groups in total. The molecule has 0 heterocycles. The van der Waals surface area contributed by atoms with Crippen LogP contribution in [0.5, 0.6) is 0 Å². The van der Waals surface area contributed by atoms with E-state index in [9.17, 15) is 0 Å². The van der Waals surface area contributed by atoms with E-state index in [-0.39, 0.29) is 6.04 Å². The standard InChI is InChI=1S/C11H13ClN2/c1-14(2)11(7-8-13)9-3-5-10(12)6-4-9/h3-6,11H,7H2,1-2H3. The maximum atomic E-state index is 8.70. The van der Waals surface area contributed by atoms with Gasteiger partial charge in [-0.1, -0.05) is 23.7 Å². The molecule has 74 valence electrons. The van der Waals surface area contributed by atoms with Gasteiger partial charge in [0.2, 0.25) is 0 Å². The maximum Gasteiger partial charge on any atom is 0.0641 e. The van der Waals surface area contributed by atoms with Crippen molar-refractivity contribution in [2.24, 2.45) is 0 Å². The van der Waals surface area contributed by atoms with Crippen LogP contribution < -0.4 is 0 Å². The summed E-state index contributed by atoms with van der Waals surface area (Å²) in [7, 11) is 3.94. The number of hydrogen-bond donors (Lipinski definition) is 0. The summed E-state index contributed by atoms with van der Waals surface area (Å²) in [6, 6.07) is 9.97. The molecule has 0 amide bonds. The molecule has 1 atom stereocenters. The Hall–Kier alpha value is -1.04. The summed E-state index contributed by atoms with van der Waals surface area (Å²) in [6.07, 6.45) is 0.495. The lowest BCUT2D eigenvalue weighted by atomic mass is 10.0. The van der Waals surface area contributed by atoms with Crippen LogP contribution in [0.1, 0.15) is 18.0 Å². The second-order valence-corrected chi connectivity index (χ2v) is 3.83. The van der Waals surface area contributed by atoms with Crippen LogP contribution in [-0.2, 0) is 0 Å². The van der Waals surface area contributed by atoms with E-state index in [1.54, 1.807) is 0 Å². The van der Waals surface area contributed by atoms with Crippen LogP contribution in [-0.4, -0.2) is 19.0 Å². The van der Waals surface area contributed by atoms with Crippen molar-refractivity contribution in [1.82, 2.24) is 4.90 Å². The number of benzene rings is 1. The van der Waals surface area contributed by atoms with Crippen molar-refractivity contribution < 1.29 is 0 Å². The highest BCUT2D eigenvalue weighted by Gasteiger charge is 2.12. The molecule has 0 spiro atoms. The van der Waals surface area contributed by atoms with E-state index >= 15 is 0 Å². The minimum absolute atomic E-state index is 0.150. The summed E-state index contributed by atoms with van der Waals surface area (Å²) in [4.78, 5) is 2.03. The third kappa shape index (κ3) is 2.73. The lowest BCUT2D eigenvalue weighted by molar-refractivity contribution is 0.303. The molecule has 1 aromatic carbocycles. The molecule has 14 heavy (non-hydrogen) atoms. The SMILES string of the molecule is CN(C)C(CC#N)c1ccc(Cl)cc1. The van der Waals surface area contributed by atoms with Crippen molar-refractivity contribution in [1.29, 1.82) is 5.26 Å². The summed E-state index contributed by atoms with van der Waals surface area (Å²) in [6.45, 7) is 0. The quantitative estimate of drug-likeness (QED) is 0.764. The van der Waals surface area contributed by atoms with Gasteiger partial charge < -0.3 is 4.90 Å². The summed E-state index contributed by atoms with van der Waals surface area (Å²) >= 11 is 5.79.